The molecular weight excluding hydrogens is 496 g/mol. The molecule has 0 heterocycles. The highest BCUT2D eigenvalue weighted by atomic mass is 35.5. The van der Waals surface area contributed by atoms with E-state index in [4.69, 9.17) is 11.5 Å². The topological polar surface area (TPSA) is 191 Å². The number of thiocarbonyl (C=S) groups is 1. The number of hydrogen-bond donors (Lipinski definition) is 7. The van der Waals surface area contributed by atoms with Crippen LogP contribution in [0.2, 0.25) is 0 Å². The molecule has 12 heteroatoms. The van der Waals surface area contributed by atoms with E-state index in [1.54, 1.807) is 26.0 Å². The van der Waals surface area contributed by atoms with Gasteiger partial charge in [0, 0.05) is 5.92 Å². The van der Waals surface area contributed by atoms with Crippen molar-refractivity contribution in [2.45, 2.75) is 38.8 Å². The van der Waals surface area contributed by atoms with Gasteiger partial charge in [-0.25, -0.2) is 0 Å². The smallest absolute Gasteiger partial charge is 0.206 e. The summed E-state index contributed by atoms with van der Waals surface area (Å²) >= 11 is 4.68. The van der Waals surface area contributed by atoms with Gasteiger partial charge in [0.25, 0.3) is 0 Å². The molecule has 2 aliphatic rings. The van der Waals surface area contributed by atoms with Crippen molar-refractivity contribution < 1.29 is 30.0 Å². The third-order valence-corrected chi connectivity index (χ3v) is 6.91. The van der Waals surface area contributed by atoms with Gasteiger partial charge in [0.1, 0.15) is 17.3 Å². The van der Waals surface area contributed by atoms with Crippen LogP contribution < -0.4 is 16.9 Å². The maximum absolute atomic E-state index is 13.7. The number of benzene rings is 2. The first kappa shape index (κ1) is 26.4. The zero-order valence-electron chi connectivity index (χ0n) is 19.0. The van der Waals surface area contributed by atoms with E-state index in [0.29, 0.717) is 22.1 Å². The molecule has 2 aromatic rings. The summed E-state index contributed by atoms with van der Waals surface area (Å²) < 4.78 is 0. The van der Waals surface area contributed by atoms with Crippen LogP contribution in [-0.4, -0.2) is 54.5 Å². The second-order valence-electron chi connectivity index (χ2n) is 8.67. The van der Waals surface area contributed by atoms with E-state index in [0.717, 1.165) is 0 Å². The number of phenolic OH excluding ortho intramolecular Hbond substituents is 2. The van der Waals surface area contributed by atoms with Crippen molar-refractivity contribution in [3.8, 4) is 11.5 Å². The van der Waals surface area contributed by atoms with Gasteiger partial charge in [-0.2, -0.15) is 5.10 Å². The van der Waals surface area contributed by atoms with E-state index >= 15 is 0 Å². The lowest BCUT2D eigenvalue weighted by atomic mass is 9.61. The van der Waals surface area contributed by atoms with E-state index in [1.165, 1.54) is 6.92 Å². The molecule has 0 bridgehead atoms. The maximum atomic E-state index is 13.7. The lowest BCUT2D eigenvalue weighted by Gasteiger charge is -2.45. The highest BCUT2D eigenvalue weighted by Crippen LogP contribution is 2.50. The first-order valence-corrected chi connectivity index (χ1v) is 10.8. The summed E-state index contributed by atoms with van der Waals surface area (Å²) in [4.78, 5) is 26.8. The Morgan fingerprint density at radius 1 is 1.20 bits per heavy atom. The number of phenols is 2. The predicted octanol–water partition coefficient (Wildman–Crippen LogP) is 1.31. The number of aryl methyl sites for hydroxylation is 2. The number of nitrogens with zero attached hydrogens (tertiary/aromatic N) is 1. The Kier molecular flexibility index (Phi) is 6.59. The van der Waals surface area contributed by atoms with Crippen LogP contribution in [0.5, 0.6) is 11.5 Å². The molecule has 4 rings (SSSR count). The largest absolute Gasteiger partial charge is 0.508 e. The lowest BCUT2D eigenvalue weighted by molar-refractivity contribution is -0.122. The van der Waals surface area contributed by atoms with Crippen LogP contribution in [0, 0.1) is 19.8 Å². The van der Waals surface area contributed by atoms with Crippen molar-refractivity contribution in [2.24, 2.45) is 22.5 Å². The summed E-state index contributed by atoms with van der Waals surface area (Å²) in [6.45, 7) is 4.70. The molecule has 35 heavy (non-hydrogen) atoms. The van der Waals surface area contributed by atoms with E-state index in [9.17, 15) is 30.0 Å². The molecule has 0 fully saturated rings. The molecule has 9 N–H and O–H groups in total. The SMILES string of the molecule is C/C(=N\NC(N)=S)C1=C(O)[C@@]2(O)C(=O)c3c(c(C)c4ccc(C)c(O)c4c3O)C[C@H]2[C@@H](N)C1=O.Cl. The fourth-order valence-electron chi connectivity index (χ4n) is 4.96. The fraction of sp³-hybridized carbons (Fsp3) is 0.304. The first-order chi connectivity index (χ1) is 15.8. The zero-order valence-corrected chi connectivity index (χ0v) is 20.7. The summed E-state index contributed by atoms with van der Waals surface area (Å²) in [5.74, 6) is -4.59. The Balaban J connectivity index is 0.00000342. The second kappa shape index (κ2) is 8.76. The molecule has 0 spiro atoms. The minimum atomic E-state index is -2.60. The van der Waals surface area contributed by atoms with Crippen LogP contribution in [0.3, 0.4) is 0 Å². The first-order valence-electron chi connectivity index (χ1n) is 10.4. The summed E-state index contributed by atoms with van der Waals surface area (Å²) in [5, 5.41) is 48.5. The van der Waals surface area contributed by atoms with E-state index in [1.807, 2.05) is 0 Å². The van der Waals surface area contributed by atoms with Gasteiger partial charge in [0.15, 0.2) is 16.5 Å². The van der Waals surface area contributed by atoms with Crippen molar-refractivity contribution in [1.29, 1.82) is 0 Å². The molecule has 0 saturated heterocycles. The van der Waals surface area contributed by atoms with E-state index < -0.39 is 46.2 Å². The summed E-state index contributed by atoms with van der Waals surface area (Å²) in [6, 6.07) is 2.03. The molecule has 0 amide bonds. The van der Waals surface area contributed by atoms with E-state index in [2.05, 4.69) is 22.7 Å². The summed E-state index contributed by atoms with van der Waals surface area (Å²) in [7, 11) is 0. The number of fused-ring (bicyclic) bond motifs is 3. The Bertz CT molecular complexity index is 1390. The number of rotatable bonds is 2. The number of carbonyl (C=O) groups excluding carboxylic acids is 2. The van der Waals surface area contributed by atoms with Crippen molar-refractivity contribution in [3.05, 3.63) is 45.7 Å². The van der Waals surface area contributed by atoms with Gasteiger partial charge in [-0.1, -0.05) is 12.1 Å². The molecule has 2 aromatic carbocycles. The number of hydrazone groups is 1. The van der Waals surface area contributed by atoms with Gasteiger partial charge in [-0.15, -0.1) is 12.4 Å². The number of carbonyl (C=O) groups is 2. The average Bonchev–Trinajstić information content (AvgIpc) is 2.78. The van der Waals surface area contributed by atoms with Gasteiger partial charge < -0.3 is 31.9 Å². The van der Waals surface area contributed by atoms with Crippen molar-refractivity contribution >= 4 is 57.8 Å². The van der Waals surface area contributed by atoms with Crippen LogP contribution in [-0.2, 0) is 11.2 Å². The molecule has 0 unspecified atom stereocenters. The number of halogens is 1. The third kappa shape index (κ3) is 3.54. The number of hydrogen-bond acceptors (Lipinski definition) is 9. The van der Waals surface area contributed by atoms with Gasteiger partial charge in [0.2, 0.25) is 5.78 Å². The molecule has 0 radical (unpaired) electrons. The normalized spacial score (nSPS) is 24.1. The van der Waals surface area contributed by atoms with Crippen LogP contribution >= 0.6 is 24.6 Å². The predicted molar refractivity (Wildman–Crippen MR) is 136 cm³/mol. The highest BCUT2D eigenvalue weighted by molar-refractivity contribution is 7.80. The molecule has 3 atom stereocenters. The van der Waals surface area contributed by atoms with Crippen molar-refractivity contribution in [2.75, 3.05) is 0 Å². The monoisotopic (exact) mass is 520 g/mol. The van der Waals surface area contributed by atoms with Gasteiger partial charge in [-0.3, -0.25) is 15.0 Å². The third-order valence-electron chi connectivity index (χ3n) is 6.82. The number of ketones is 2. The Labute approximate surface area is 211 Å². The highest BCUT2D eigenvalue weighted by Gasteiger charge is 2.60. The Morgan fingerprint density at radius 2 is 1.83 bits per heavy atom. The zero-order chi connectivity index (χ0) is 25.3. The lowest BCUT2D eigenvalue weighted by Crippen LogP contribution is -2.63. The van der Waals surface area contributed by atoms with Crippen molar-refractivity contribution in [3.63, 3.8) is 0 Å². The maximum Gasteiger partial charge on any atom is 0.206 e. The summed E-state index contributed by atoms with van der Waals surface area (Å²) in [6.07, 6.45) is -0.0763. The van der Waals surface area contributed by atoms with Crippen LogP contribution in [0.4, 0.5) is 0 Å². The van der Waals surface area contributed by atoms with Gasteiger partial charge in [0.05, 0.1) is 28.3 Å². The molecule has 0 saturated carbocycles. The number of nitrogens with two attached hydrogens (primary N) is 2. The van der Waals surface area contributed by atoms with E-state index in [-0.39, 0.29) is 46.4 Å². The van der Waals surface area contributed by atoms with Crippen LogP contribution in [0.25, 0.3) is 10.8 Å². The van der Waals surface area contributed by atoms with Gasteiger partial charge >= 0.3 is 0 Å². The standard InChI is InChI=1S/C23H24N4O6S.ClH/c1-7-4-5-10-8(2)11-6-12-16(24)19(30)13(9(3)26-27-22(25)34)20(31)23(12,33)21(32)15(11)18(29)14(10)17(7)28;/h4-5,12,16,28-29,31,33H,6,24H2,1-3H3,(H3,25,27,34);1H/b26-9+;/t12-,16+,23+;/m0./s1. The number of aliphatic hydroxyl groups is 2. The quantitative estimate of drug-likeness (QED) is 0.172. The molecular formula is C23H25ClN4O6S. The fourth-order valence-corrected chi connectivity index (χ4v) is 5.01. The number of Topliss-reactive ketones (excluding diaryl/α,β-unsaturated/α-hetero) is 2. The second-order valence-corrected chi connectivity index (χ2v) is 9.11. The minimum absolute atomic E-state index is 0. The minimum Gasteiger partial charge on any atom is -0.508 e. The molecule has 186 valence electrons. The van der Waals surface area contributed by atoms with Crippen LogP contribution in [0.1, 0.15) is 34.0 Å². The van der Waals surface area contributed by atoms with Crippen LogP contribution in [0.15, 0.2) is 28.6 Å². The Morgan fingerprint density at radius 3 is 2.43 bits per heavy atom. The van der Waals surface area contributed by atoms with Crippen molar-refractivity contribution in [1.82, 2.24) is 5.43 Å². The molecule has 2 aliphatic carbocycles. The average molecular weight is 521 g/mol. The number of aromatic hydroxyl groups is 2. The molecule has 0 aromatic heterocycles. The molecule has 10 nitrogen and oxygen atoms in total. The molecule has 0 aliphatic heterocycles. The summed E-state index contributed by atoms with van der Waals surface area (Å²) in [5.41, 5.74) is 11.9. The van der Waals surface area contributed by atoms with Gasteiger partial charge in [-0.05, 0) is 61.5 Å². The number of nitrogens with one attached hydrogen (secondary N) is 1. The Hall–Kier alpha value is -3.25. The number of aliphatic hydroxyl groups excluding tert-OH is 1.